The zero-order valence-electron chi connectivity index (χ0n) is 16.5. The number of ether oxygens (including phenoxy) is 1. The van der Waals surface area contributed by atoms with Gasteiger partial charge in [-0.05, 0) is 44.2 Å². The fraction of sp³-hybridized carbons (Fsp3) is 0.273. The first-order valence-electron chi connectivity index (χ1n) is 9.66. The van der Waals surface area contributed by atoms with Crippen LogP contribution in [-0.4, -0.2) is 23.7 Å². The monoisotopic (exact) mass is 444 g/mol. The van der Waals surface area contributed by atoms with Crippen LogP contribution in [0.4, 0.5) is 5.69 Å². The number of anilines is 1. The van der Waals surface area contributed by atoms with Gasteiger partial charge >= 0.3 is 0 Å². The summed E-state index contributed by atoms with van der Waals surface area (Å²) >= 11 is 7.34. The molecule has 0 bridgehead atoms. The minimum absolute atomic E-state index is 0.0628. The van der Waals surface area contributed by atoms with Crippen molar-refractivity contribution in [3.63, 3.8) is 0 Å². The Bertz CT molecular complexity index is 1110. The van der Waals surface area contributed by atoms with Crippen LogP contribution >= 0.6 is 23.4 Å². The molecule has 1 aromatic heterocycles. The number of para-hydroxylation sites is 1. The number of nitrogens with one attached hydrogen (secondary N) is 2. The van der Waals surface area contributed by atoms with Gasteiger partial charge in [0.25, 0.3) is 0 Å². The average molecular weight is 445 g/mol. The Balaban J connectivity index is 1.43. The number of carbonyl (C=O) groups is 2. The standard InChI is InChI=1S/C22H21ClN2O4S/c1-3-28-16-6-4-5-13-9-17(29-21(13)16)12(2)24-20(26)11-19-22(27)25-15-10-14(23)7-8-18(15)30-19/h4-10,12,19H,3,11H2,1-2H3,(H,24,26)(H,25,27). The fourth-order valence-corrected chi connectivity index (χ4v) is 4.60. The molecule has 4 rings (SSSR count). The van der Waals surface area contributed by atoms with Gasteiger partial charge in [-0.25, -0.2) is 0 Å². The number of hydrogen-bond donors (Lipinski definition) is 2. The number of amides is 2. The van der Waals surface area contributed by atoms with E-state index in [9.17, 15) is 9.59 Å². The van der Waals surface area contributed by atoms with Crippen LogP contribution < -0.4 is 15.4 Å². The number of halogens is 1. The smallest absolute Gasteiger partial charge is 0.238 e. The molecule has 0 fully saturated rings. The molecule has 2 heterocycles. The molecular formula is C22H21ClN2O4S. The number of carbonyl (C=O) groups excluding carboxylic acids is 2. The summed E-state index contributed by atoms with van der Waals surface area (Å²) < 4.78 is 11.6. The van der Waals surface area contributed by atoms with Crippen LogP contribution in [0.25, 0.3) is 11.0 Å². The summed E-state index contributed by atoms with van der Waals surface area (Å²) in [5.41, 5.74) is 1.34. The van der Waals surface area contributed by atoms with Crippen molar-refractivity contribution in [1.82, 2.24) is 5.32 Å². The second-order valence-corrected chi connectivity index (χ2v) is 8.67. The van der Waals surface area contributed by atoms with Crippen molar-refractivity contribution in [1.29, 1.82) is 0 Å². The molecule has 2 atom stereocenters. The lowest BCUT2D eigenvalue weighted by atomic mass is 10.2. The van der Waals surface area contributed by atoms with Crippen molar-refractivity contribution in [2.24, 2.45) is 0 Å². The Hall–Kier alpha value is -2.64. The lowest BCUT2D eigenvalue weighted by Crippen LogP contribution is -2.35. The molecule has 6 nitrogen and oxygen atoms in total. The Kier molecular flexibility index (Phi) is 5.92. The molecule has 1 aliphatic heterocycles. The fourth-order valence-electron chi connectivity index (χ4n) is 3.34. The number of benzene rings is 2. The topological polar surface area (TPSA) is 80.6 Å². The zero-order valence-corrected chi connectivity index (χ0v) is 18.1. The number of hydrogen-bond acceptors (Lipinski definition) is 5. The van der Waals surface area contributed by atoms with Crippen molar-refractivity contribution in [3.05, 3.63) is 53.2 Å². The summed E-state index contributed by atoms with van der Waals surface area (Å²) in [5, 5.41) is 6.70. The molecular weight excluding hydrogens is 424 g/mol. The van der Waals surface area contributed by atoms with E-state index in [4.69, 9.17) is 20.8 Å². The van der Waals surface area contributed by atoms with Crippen molar-refractivity contribution >= 4 is 51.8 Å². The molecule has 3 aromatic rings. The van der Waals surface area contributed by atoms with Crippen LogP contribution in [0.15, 0.2) is 51.8 Å². The Morgan fingerprint density at radius 1 is 1.33 bits per heavy atom. The predicted octanol–water partition coefficient (Wildman–Crippen LogP) is 5.17. The molecule has 156 valence electrons. The lowest BCUT2D eigenvalue weighted by molar-refractivity contribution is -0.124. The Morgan fingerprint density at radius 2 is 2.17 bits per heavy atom. The number of rotatable bonds is 6. The second kappa shape index (κ2) is 8.62. The van der Waals surface area contributed by atoms with Gasteiger partial charge in [-0.15, -0.1) is 11.8 Å². The van der Waals surface area contributed by atoms with Crippen LogP contribution in [-0.2, 0) is 9.59 Å². The van der Waals surface area contributed by atoms with Gasteiger partial charge < -0.3 is 19.8 Å². The van der Waals surface area contributed by atoms with E-state index in [1.807, 2.05) is 44.2 Å². The van der Waals surface area contributed by atoms with Gasteiger partial charge in [-0.2, -0.15) is 0 Å². The van der Waals surface area contributed by atoms with Gasteiger partial charge in [0.15, 0.2) is 11.3 Å². The minimum atomic E-state index is -0.508. The quantitative estimate of drug-likeness (QED) is 0.548. The van der Waals surface area contributed by atoms with Crippen molar-refractivity contribution in [2.75, 3.05) is 11.9 Å². The van der Waals surface area contributed by atoms with E-state index in [-0.39, 0.29) is 24.3 Å². The molecule has 2 amide bonds. The molecule has 0 radical (unpaired) electrons. The van der Waals surface area contributed by atoms with Gasteiger partial charge in [0.1, 0.15) is 5.76 Å². The molecule has 0 spiro atoms. The highest BCUT2D eigenvalue weighted by Crippen LogP contribution is 2.38. The van der Waals surface area contributed by atoms with Gasteiger partial charge in [-0.3, -0.25) is 9.59 Å². The van der Waals surface area contributed by atoms with E-state index in [0.717, 1.165) is 10.3 Å². The van der Waals surface area contributed by atoms with E-state index < -0.39 is 5.25 Å². The first-order chi connectivity index (χ1) is 14.4. The number of fused-ring (bicyclic) bond motifs is 2. The van der Waals surface area contributed by atoms with Crippen LogP contribution in [0.1, 0.15) is 32.1 Å². The summed E-state index contributed by atoms with van der Waals surface area (Å²) in [6.45, 7) is 4.30. The summed E-state index contributed by atoms with van der Waals surface area (Å²) in [4.78, 5) is 25.9. The summed E-state index contributed by atoms with van der Waals surface area (Å²) in [7, 11) is 0. The molecule has 0 saturated heterocycles. The first-order valence-corrected chi connectivity index (χ1v) is 10.9. The van der Waals surface area contributed by atoms with Gasteiger partial charge in [-0.1, -0.05) is 23.7 Å². The largest absolute Gasteiger partial charge is 0.490 e. The maximum Gasteiger partial charge on any atom is 0.238 e. The van der Waals surface area contributed by atoms with Crippen molar-refractivity contribution < 1.29 is 18.7 Å². The van der Waals surface area contributed by atoms with E-state index in [2.05, 4.69) is 10.6 Å². The zero-order chi connectivity index (χ0) is 21.3. The first kappa shape index (κ1) is 20.6. The third-order valence-corrected chi connectivity index (χ3v) is 6.27. The van der Waals surface area contributed by atoms with Crippen LogP contribution in [0.5, 0.6) is 5.75 Å². The molecule has 0 saturated carbocycles. The highest BCUT2D eigenvalue weighted by molar-refractivity contribution is 8.01. The second-order valence-electron chi connectivity index (χ2n) is 6.99. The van der Waals surface area contributed by atoms with E-state index in [1.54, 1.807) is 12.1 Å². The van der Waals surface area contributed by atoms with Gasteiger partial charge in [0.05, 0.1) is 23.6 Å². The third kappa shape index (κ3) is 4.27. The normalized spacial score (nSPS) is 16.6. The Morgan fingerprint density at radius 3 is 2.97 bits per heavy atom. The number of thioether (sulfide) groups is 1. The maximum absolute atomic E-state index is 12.6. The maximum atomic E-state index is 12.6. The van der Waals surface area contributed by atoms with Crippen LogP contribution in [0.2, 0.25) is 5.02 Å². The molecule has 0 aliphatic carbocycles. The predicted molar refractivity (Wildman–Crippen MR) is 118 cm³/mol. The molecule has 8 heteroatoms. The SMILES string of the molecule is CCOc1cccc2cc(C(C)NC(=O)CC3Sc4ccc(Cl)cc4NC3=O)oc12. The average Bonchev–Trinajstić information content (AvgIpc) is 3.14. The van der Waals surface area contributed by atoms with E-state index >= 15 is 0 Å². The van der Waals surface area contributed by atoms with Crippen molar-refractivity contribution in [2.45, 2.75) is 36.5 Å². The minimum Gasteiger partial charge on any atom is -0.490 e. The Labute approximate surface area is 183 Å². The highest BCUT2D eigenvalue weighted by atomic mass is 35.5. The summed E-state index contributed by atoms with van der Waals surface area (Å²) in [6, 6.07) is 12.6. The molecule has 2 N–H and O–H groups in total. The van der Waals surface area contributed by atoms with Gasteiger partial charge in [0.2, 0.25) is 11.8 Å². The summed E-state index contributed by atoms with van der Waals surface area (Å²) in [6.07, 6.45) is 0.0628. The molecule has 1 aliphatic rings. The van der Waals surface area contributed by atoms with Crippen molar-refractivity contribution in [3.8, 4) is 5.75 Å². The molecule has 2 unspecified atom stereocenters. The third-order valence-electron chi connectivity index (χ3n) is 4.76. The van der Waals surface area contributed by atoms with E-state index in [0.29, 0.717) is 34.4 Å². The van der Waals surface area contributed by atoms with Gasteiger partial charge in [0, 0.05) is 21.7 Å². The van der Waals surface area contributed by atoms with E-state index in [1.165, 1.54) is 11.8 Å². The molecule has 30 heavy (non-hydrogen) atoms. The van der Waals surface area contributed by atoms with Crippen LogP contribution in [0.3, 0.4) is 0 Å². The molecule has 2 aromatic carbocycles. The van der Waals surface area contributed by atoms with Crippen LogP contribution in [0, 0.1) is 0 Å². The lowest BCUT2D eigenvalue weighted by Gasteiger charge is -2.24. The summed E-state index contributed by atoms with van der Waals surface area (Å²) in [5.74, 6) is 0.876. The number of furan rings is 1. The highest BCUT2D eigenvalue weighted by Gasteiger charge is 2.29.